The minimum Gasteiger partial charge on any atom is -0.355 e. The van der Waals surface area contributed by atoms with Crippen LogP contribution in [0.5, 0.6) is 0 Å². The van der Waals surface area contributed by atoms with E-state index in [1.165, 1.54) is 44.9 Å². The van der Waals surface area contributed by atoms with E-state index in [0.717, 1.165) is 0 Å². The summed E-state index contributed by atoms with van der Waals surface area (Å²) in [6.07, 6.45) is 9.63. The average molecular weight is 244 g/mol. The fourth-order valence-corrected chi connectivity index (χ4v) is 2.89. The Morgan fingerprint density at radius 1 is 1.19 bits per heavy atom. The van der Waals surface area contributed by atoms with Crippen LogP contribution in [0.1, 0.15) is 51.4 Å². The van der Waals surface area contributed by atoms with Crippen LogP contribution in [-0.4, -0.2) is 17.8 Å². The molecule has 0 aromatic rings. The van der Waals surface area contributed by atoms with Gasteiger partial charge in [-0.15, -0.1) is 11.6 Å². The first kappa shape index (κ1) is 12.2. The Labute approximate surface area is 103 Å². The zero-order valence-corrected chi connectivity index (χ0v) is 10.6. The van der Waals surface area contributed by atoms with Crippen LogP contribution < -0.4 is 5.32 Å². The Balaban J connectivity index is 1.59. The molecule has 0 aromatic carbocycles. The summed E-state index contributed by atoms with van der Waals surface area (Å²) in [6.45, 7) is 0.664. The van der Waals surface area contributed by atoms with E-state index in [0.29, 0.717) is 24.8 Å². The Morgan fingerprint density at radius 2 is 1.88 bits per heavy atom. The molecule has 0 aliphatic heterocycles. The van der Waals surface area contributed by atoms with Gasteiger partial charge in [0.1, 0.15) is 0 Å². The highest BCUT2D eigenvalue weighted by molar-refractivity contribution is 6.21. The van der Waals surface area contributed by atoms with E-state index in [1.54, 1.807) is 0 Å². The van der Waals surface area contributed by atoms with Crippen molar-refractivity contribution in [1.29, 1.82) is 0 Å². The number of carbonyl (C=O) groups is 1. The molecule has 2 aliphatic rings. The van der Waals surface area contributed by atoms with Crippen molar-refractivity contribution in [2.24, 2.45) is 11.8 Å². The molecule has 0 heterocycles. The van der Waals surface area contributed by atoms with Crippen molar-refractivity contribution in [3.63, 3.8) is 0 Å². The summed E-state index contributed by atoms with van der Waals surface area (Å²) in [7, 11) is 0. The van der Waals surface area contributed by atoms with Crippen LogP contribution in [-0.2, 0) is 4.79 Å². The molecular formula is C13H22ClNO. The van der Waals surface area contributed by atoms with E-state index >= 15 is 0 Å². The van der Waals surface area contributed by atoms with E-state index < -0.39 is 0 Å². The third kappa shape index (κ3) is 3.97. The highest BCUT2D eigenvalue weighted by atomic mass is 35.5. The van der Waals surface area contributed by atoms with Crippen molar-refractivity contribution in [1.82, 2.24) is 5.32 Å². The number of carbonyl (C=O) groups excluding carboxylic acids is 1. The SMILES string of the molecule is O=C(CC1CCCCC1)NCC(Cl)C1CC1. The topological polar surface area (TPSA) is 29.1 Å². The minimum atomic E-state index is 0.162. The van der Waals surface area contributed by atoms with Gasteiger partial charge < -0.3 is 5.32 Å². The molecule has 0 aromatic heterocycles. The summed E-state index contributed by atoms with van der Waals surface area (Å²) in [6, 6.07) is 0. The second-order valence-corrected chi connectivity index (χ2v) is 5.93. The van der Waals surface area contributed by atoms with Gasteiger partial charge in [0.15, 0.2) is 0 Å². The van der Waals surface area contributed by atoms with Crippen LogP contribution in [0.2, 0.25) is 0 Å². The molecule has 0 bridgehead atoms. The molecule has 2 aliphatic carbocycles. The van der Waals surface area contributed by atoms with Gasteiger partial charge in [0.05, 0.1) is 5.38 Å². The average Bonchev–Trinajstić information content (AvgIpc) is 3.11. The first-order valence-corrected chi connectivity index (χ1v) is 7.10. The van der Waals surface area contributed by atoms with Gasteiger partial charge in [-0.1, -0.05) is 19.3 Å². The summed E-state index contributed by atoms with van der Waals surface area (Å²) in [5.74, 6) is 1.50. The van der Waals surface area contributed by atoms with E-state index in [4.69, 9.17) is 11.6 Å². The Hall–Kier alpha value is -0.240. The van der Waals surface area contributed by atoms with Gasteiger partial charge >= 0.3 is 0 Å². The Kier molecular flexibility index (Phi) is 4.51. The molecule has 1 N–H and O–H groups in total. The molecule has 2 fully saturated rings. The van der Waals surface area contributed by atoms with Gasteiger partial charge in [0, 0.05) is 13.0 Å². The number of halogens is 1. The van der Waals surface area contributed by atoms with Crippen LogP contribution >= 0.6 is 11.6 Å². The Morgan fingerprint density at radius 3 is 2.50 bits per heavy atom. The number of amides is 1. The first-order chi connectivity index (χ1) is 7.75. The molecule has 0 spiro atoms. The van der Waals surface area contributed by atoms with Crippen molar-refractivity contribution in [3.8, 4) is 0 Å². The highest BCUT2D eigenvalue weighted by Gasteiger charge is 2.29. The number of alkyl halides is 1. The lowest BCUT2D eigenvalue weighted by Crippen LogP contribution is -2.32. The highest BCUT2D eigenvalue weighted by Crippen LogP contribution is 2.35. The molecule has 0 radical (unpaired) electrons. The summed E-state index contributed by atoms with van der Waals surface area (Å²) < 4.78 is 0. The Bertz CT molecular complexity index is 234. The molecule has 16 heavy (non-hydrogen) atoms. The van der Waals surface area contributed by atoms with E-state index in [-0.39, 0.29) is 11.3 Å². The van der Waals surface area contributed by atoms with Gasteiger partial charge in [0.2, 0.25) is 5.91 Å². The second-order valence-electron chi connectivity index (χ2n) is 5.37. The van der Waals surface area contributed by atoms with Gasteiger partial charge in [-0.2, -0.15) is 0 Å². The summed E-state index contributed by atoms with van der Waals surface area (Å²) >= 11 is 6.15. The van der Waals surface area contributed by atoms with Gasteiger partial charge in [0.25, 0.3) is 0 Å². The summed E-state index contributed by atoms with van der Waals surface area (Å²) in [5, 5.41) is 3.14. The van der Waals surface area contributed by atoms with Crippen LogP contribution in [0.25, 0.3) is 0 Å². The quantitative estimate of drug-likeness (QED) is 0.739. The number of hydrogen-bond donors (Lipinski definition) is 1. The third-order valence-electron chi connectivity index (χ3n) is 3.83. The number of rotatable bonds is 5. The monoisotopic (exact) mass is 243 g/mol. The minimum absolute atomic E-state index is 0.162. The number of hydrogen-bond acceptors (Lipinski definition) is 1. The van der Waals surface area contributed by atoms with Crippen molar-refractivity contribution in [3.05, 3.63) is 0 Å². The molecule has 2 nitrogen and oxygen atoms in total. The maximum atomic E-state index is 11.7. The van der Waals surface area contributed by atoms with E-state index in [9.17, 15) is 4.79 Å². The van der Waals surface area contributed by atoms with Crippen LogP contribution in [0.15, 0.2) is 0 Å². The van der Waals surface area contributed by atoms with E-state index in [1.807, 2.05) is 0 Å². The van der Waals surface area contributed by atoms with Crippen LogP contribution in [0.4, 0.5) is 0 Å². The molecule has 1 amide bonds. The molecule has 2 rings (SSSR count). The fourth-order valence-electron chi connectivity index (χ4n) is 2.56. The van der Waals surface area contributed by atoms with Gasteiger partial charge in [-0.05, 0) is 37.5 Å². The largest absolute Gasteiger partial charge is 0.355 e. The molecule has 3 heteroatoms. The predicted molar refractivity (Wildman–Crippen MR) is 66.6 cm³/mol. The lowest BCUT2D eigenvalue weighted by molar-refractivity contribution is -0.122. The van der Waals surface area contributed by atoms with Gasteiger partial charge in [-0.25, -0.2) is 0 Å². The van der Waals surface area contributed by atoms with Crippen molar-refractivity contribution in [2.75, 3.05) is 6.54 Å². The predicted octanol–water partition coefficient (Wildman–Crippen LogP) is 3.09. The van der Waals surface area contributed by atoms with Crippen LogP contribution in [0.3, 0.4) is 0 Å². The van der Waals surface area contributed by atoms with Crippen LogP contribution in [0, 0.1) is 11.8 Å². The van der Waals surface area contributed by atoms with E-state index in [2.05, 4.69) is 5.32 Å². The lowest BCUT2D eigenvalue weighted by Gasteiger charge is -2.21. The zero-order valence-electron chi connectivity index (χ0n) is 9.88. The summed E-state index contributed by atoms with van der Waals surface area (Å²) in [4.78, 5) is 11.7. The molecule has 1 unspecified atom stereocenters. The second kappa shape index (κ2) is 5.90. The lowest BCUT2D eigenvalue weighted by atomic mass is 9.87. The van der Waals surface area contributed by atoms with Gasteiger partial charge in [-0.3, -0.25) is 4.79 Å². The first-order valence-electron chi connectivity index (χ1n) is 6.66. The maximum absolute atomic E-state index is 11.7. The standard InChI is InChI=1S/C13H22ClNO/c14-12(11-6-7-11)9-15-13(16)8-10-4-2-1-3-5-10/h10-12H,1-9H2,(H,15,16). The molecule has 1 atom stereocenters. The number of nitrogens with one attached hydrogen (secondary N) is 1. The molecule has 0 saturated heterocycles. The van der Waals surface area contributed by atoms with Crippen molar-refractivity contribution < 1.29 is 4.79 Å². The normalized spacial score (nSPS) is 24.1. The smallest absolute Gasteiger partial charge is 0.220 e. The third-order valence-corrected chi connectivity index (χ3v) is 4.34. The molecular weight excluding hydrogens is 222 g/mol. The van der Waals surface area contributed by atoms with Crippen molar-refractivity contribution in [2.45, 2.75) is 56.7 Å². The molecule has 92 valence electrons. The zero-order chi connectivity index (χ0) is 11.4. The summed E-state index contributed by atoms with van der Waals surface area (Å²) in [5.41, 5.74) is 0. The maximum Gasteiger partial charge on any atom is 0.220 e. The van der Waals surface area contributed by atoms with Crippen molar-refractivity contribution >= 4 is 17.5 Å². The fraction of sp³-hybridized carbons (Fsp3) is 0.923. The molecule has 2 saturated carbocycles.